The summed E-state index contributed by atoms with van der Waals surface area (Å²) in [6.45, 7) is 2.86. The highest BCUT2D eigenvalue weighted by Gasteiger charge is 2.06. The first-order valence-corrected chi connectivity index (χ1v) is 8.26. The highest BCUT2D eigenvalue weighted by molar-refractivity contribution is 5.92. The number of carbonyl (C=O) groups excluding carboxylic acids is 1. The molecule has 3 aromatic rings. The van der Waals surface area contributed by atoms with Crippen molar-refractivity contribution in [2.24, 2.45) is 5.73 Å². The van der Waals surface area contributed by atoms with E-state index in [4.69, 9.17) is 5.73 Å². The van der Waals surface area contributed by atoms with Crippen LogP contribution in [-0.4, -0.2) is 10.9 Å². The van der Waals surface area contributed by atoms with Gasteiger partial charge in [-0.2, -0.15) is 0 Å². The van der Waals surface area contributed by atoms with Crippen LogP contribution >= 0.6 is 0 Å². The van der Waals surface area contributed by atoms with Gasteiger partial charge in [0.05, 0.1) is 0 Å². The van der Waals surface area contributed by atoms with Crippen LogP contribution in [0.1, 0.15) is 34.5 Å². The molecule has 126 valence electrons. The number of benzene rings is 2. The lowest BCUT2D eigenvalue weighted by Crippen LogP contribution is -2.18. The third-order valence-corrected chi connectivity index (χ3v) is 4.26. The van der Waals surface area contributed by atoms with Gasteiger partial charge in [0, 0.05) is 30.5 Å². The number of pyridine rings is 1. The smallest absolute Gasteiger partial charge is 0.248 e. The van der Waals surface area contributed by atoms with Crippen molar-refractivity contribution in [3.05, 3.63) is 89.7 Å². The summed E-state index contributed by atoms with van der Waals surface area (Å²) in [7, 11) is 0. The van der Waals surface area contributed by atoms with Gasteiger partial charge in [-0.15, -0.1) is 0 Å². The fourth-order valence-electron chi connectivity index (χ4n) is 2.67. The SMILES string of the molecule is C[C@@H](NCc1ccc(C(N)=O)cc1)c1ccc(-c2cccnc2)cc1. The maximum Gasteiger partial charge on any atom is 0.248 e. The molecule has 0 aliphatic carbocycles. The van der Waals surface area contributed by atoms with Crippen molar-refractivity contribution < 1.29 is 4.79 Å². The van der Waals surface area contributed by atoms with Gasteiger partial charge in [0.25, 0.3) is 0 Å². The van der Waals surface area contributed by atoms with Crippen molar-refractivity contribution in [1.29, 1.82) is 0 Å². The van der Waals surface area contributed by atoms with E-state index in [1.165, 1.54) is 5.56 Å². The van der Waals surface area contributed by atoms with Crippen molar-refractivity contribution in [3.63, 3.8) is 0 Å². The Morgan fingerprint density at radius 1 is 1.04 bits per heavy atom. The molecule has 0 unspecified atom stereocenters. The number of primary amides is 1. The zero-order valence-electron chi connectivity index (χ0n) is 14.1. The summed E-state index contributed by atoms with van der Waals surface area (Å²) >= 11 is 0. The van der Waals surface area contributed by atoms with Crippen LogP contribution in [-0.2, 0) is 6.54 Å². The number of hydrogen-bond acceptors (Lipinski definition) is 3. The van der Waals surface area contributed by atoms with E-state index >= 15 is 0 Å². The van der Waals surface area contributed by atoms with Crippen LogP contribution in [0.15, 0.2) is 73.1 Å². The number of aromatic nitrogens is 1. The molecule has 0 radical (unpaired) electrons. The van der Waals surface area contributed by atoms with Gasteiger partial charge in [-0.3, -0.25) is 9.78 Å². The van der Waals surface area contributed by atoms with Gasteiger partial charge < -0.3 is 11.1 Å². The fraction of sp³-hybridized carbons (Fsp3) is 0.143. The predicted molar refractivity (Wildman–Crippen MR) is 99.9 cm³/mol. The first-order valence-electron chi connectivity index (χ1n) is 8.26. The molecule has 1 aromatic heterocycles. The normalized spacial score (nSPS) is 11.9. The molecule has 0 saturated carbocycles. The maximum absolute atomic E-state index is 11.1. The zero-order valence-corrected chi connectivity index (χ0v) is 14.1. The van der Waals surface area contributed by atoms with Crippen molar-refractivity contribution in [3.8, 4) is 11.1 Å². The summed E-state index contributed by atoms with van der Waals surface area (Å²) in [6, 6.07) is 20.1. The van der Waals surface area contributed by atoms with Gasteiger partial charge in [0.2, 0.25) is 5.91 Å². The Balaban J connectivity index is 1.61. The third-order valence-electron chi connectivity index (χ3n) is 4.26. The van der Waals surface area contributed by atoms with Gasteiger partial charge in [-0.05, 0) is 47.4 Å². The Morgan fingerprint density at radius 3 is 2.36 bits per heavy atom. The van der Waals surface area contributed by atoms with E-state index in [1.54, 1.807) is 18.3 Å². The number of nitrogens with two attached hydrogens (primary N) is 1. The maximum atomic E-state index is 11.1. The molecule has 0 aliphatic rings. The molecule has 0 aliphatic heterocycles. The fourth-order valence-corrected chi connectivity index (χ4v) is 2.67. The standard InChI is InChI=1S/C21H21N3O/c1-15(24-13-16-4-6-19(7-5-16)21(22)25)17-8-10-18(11-9-17)20-3-2-12-23-14-20/h2-12,14-15,24H,13H2,1H3,(H2,22,25)/t15-/m1/s1. The molecule has 25 heavy (non-hydrogen) atoms. The minimum absolute atomic E-state index is 0.221. The quantitative estimate of drug-likeness (QED) is 0.724. The molecule has 1 amide bonds. The lowest BCUT2D eigenvalue weighted by atomic mass is 10.0. The van der Waals surface area contributed by atoms with E-state index in [0.29, 0.717) is 5.56 Å². The molecule has 1 heterocycles. The Labute approximate surface area is 147 Å². The Morgan fingerprint density at radius 2 is 1.76 bits per heavy atom. The number of amides is 1. The summed E-state index contributed by atoms with van der Waals surface area (Å²) in [5.41, 5.74) is 10.4. The minimum Gasteiger partial charge on any atom is -0.366 e. The van der Waals surface area contributed by atoms with Crippen molar-refractivity contribution >= 4 is 5.91 Å². The summed E-state index contributed by atoms with van der Waals surface area (Å²) in [5.74, 6) is -0.401. The first kappa shape index (κ1) is 16.9. The molecule has 0 fully saturated rings. The average Bonchev–Trinajstić information content (AvgIpc) is 2.67. The number of hydrogen-bond donors (Lipinski definition) is 2. The van der Waals surface area contributed by atoms with Gasteiger partial charge >= 0.3 is 0 Å². The van der Waals surface area contributed by atoms with E-state index in [-0.39, 0.29) is 6.04 Å². The summed E-state index contributed by atoms with van der Waals surface area (Å²) in [4.78, 5) is 15.3. The summed E-state index contributed by atoms with van der Waals surface area (Å²) in [6.07, 6.45) is 3.65. The van der Waals surface area contributed by atoms with E-state index in [9.17, 15) is 4.79 Å². The lowest BCUT2D eigenvalue weighted by molar-refractivity contribution is 0.100. The van der Waals surface area contributed by atoms with Crippen LogP contribution in [0, 0.1) is 0 Å². The van der Waals surface area contributed by atoms with E-state index in [2.05, 4.69) is 47.6 Å². The highest BCUT2D eigenvalue weighted by atomic mass is 16.1. The van der Waals surface area contributed by atoms with Crippen molar-refractivity contribution in [2.45, 2.75) is 19.5 Å². The molecule has 4 nitrogen and oxygen atoms in total. The second-order valence-electron chi connectivity index (χ2n) is 6.03. The van der Waals surface area contributed by atoms with Crippen LogP contribution < -0.4 is 11.1 Å². The molecule has 0 saturated heterocycles. The predicted octanol–water partition coefficient (Wildman–Crippen LogP) is 3.70. The van der Waals surface area contributed by atoms with E-state index in [0.717, 1.165) is 23.2 Å². The van der Waals surface area contributed by atoms with Crippen molar-refractivity contribution in [2.75, 3.05) is 0 Å². The highest BCUT2D eigenvalue weighted by Crippen LogP contribution is 2.21. The molecule has 1 atom stereocenters. The van der Waals surface area contributed by atoms with Crippen LogP contribution in [0.4, 0.5) is 0 Å². The minimum atomic E-state index is -0.401. The van der Waals surface area contributed by atoms with Crippen LogP contribution in [0.2, 0.25) is 0 Å². The number of carbonyl (C=O) groups is 1. The van der Waals surface area contributed by atoms with Crippen LogP contribution in [0.3, 0.4) is 0 Å². The summed E-state index contributed by atoms with van der Waals surface area (Å²) in [5, 5.41) is 3.49. The number of nitrogens with one attached hydrogen (secondary N) is 1. The van der Waals surface area contributed by atoms with Crippen LogP contribution in [0.25, 0.3) is 11.1 Å². The van der Waals surface area contributed by atoms with Gasteiger partial charge in [-0.25, -0.2) is 0 Å². The van der Waals surface area contributed by atoms with Gasteiger partial charge in [-0.1, -0.05) is 42.5 Å². The van der Waals surface area contributed by atoms with E-state index in [1.807, 2.05) is 24.4 Å². The summed E-state index contributed by atoms with van der Waals surface area (Å²) < 4.78 is 0. The second kappa shape index (κ2) is 7.73. The molecular formula is C21H21N3O. The average molecular weight is 331 g/mol. The Bertz CT molecular complexity index is 827. The van der Waals surface area contributed by atoms with Gasteiger partial charge in [0.1, 0.15) is 0 Å². The van der Waals surface area contributed by atoms with Crippen molar-refractivity contribution in [1.82, 2.24) is 10.3 Å². The molecule has 0 bridgehead atoms. The zero-order chi connectivity index (χ0) is 17.6. The molecule has 3 rings (SSSR count). The third kappa shape index (κ3) is 4.31. The second-order valence-corrected chi connectivity index (χ2v) is 6.03. The Hall–Kier alpha value is -2.98. The molecule has 0 spiro atoms. The largest absolute Gasteiger partial charge is 0.366 e. The van der Waals surface area contributed by atoms with Crippen LogP contribution in [0.5, 0.6) is 0 Å². The van der Waals surface area contributed by atoms with E-state index < -0.39 is 5.91 Å². The molecule has 3 N–H and O–H groups in total. The number of nitrogens with zero attached hydrogens (tertiary/aromatic N) is 1. The Kier molecular flexibility index (Phi) is 5.21. The lowest BCUT2D eigenvalue weighted by Gasteiger charge is -2.15. The van der Waals surface area contributed by atoms with Gasteiger partial charge in [0.15, 0.2) is 0 Å². The molecule has 4 heteroatoms. The number of rotatable bonds is 6. The molecular weight excluding hydrogens is 310 g/mol. The monoisotopic (exact) mass is 331 g/mol. The molecule has 2 aromatic carbocycles. The topological polar surface area (TPSA) is 68.0 Å². The first-order chi connectivity index (χ1) is 12.1.